The van der Waals surface area contributed by atoms with Gasteiger partial charge in [-0.3, -0.25) is 4.57 Å². The Kier molecular flexibility index (Phi) is 2.12. The van der Waals surface area contributed by atoms with Gasteiger partial charge in [0.15, 0.2) is 0 Å². The van der Waals surface area contributed by atoms with Crippen LogP contribution in [0.1, 0.15) is 12.7 Å². The van der Waals surface area contributed by atoms with Gasteiger partial charge >= 0.3 is 0 Å². The average molecular weight is 157 g/mol. The van der Waals surface area contributed by atoms with Gasteiger partial charge in [-0.1, -0.05) is 17.7 Å². The SMILES string of the molecule is CC=C(Cl)n1ccnc1C. The topological polar surface area (TPSA) is 17.8 Å². The van der Waals surface area contributed by atoms with Crippen LogP contribution in [0.3, 0.4) is 0 Å². The summed E-state index contributed by atoms with van der Waals surface area (Å²) in [7, 11) is 0. The lowest BCUT2D eigenvalue weighted by Gasteiger charge is -1.99. The number of aryl methyl sites for hydroxylation is 1. The van der Waals surface area contributed by atoms with Crippen molar-refractivity contribution in [3.63, 3.8) is 0 Å². The van der Waals surface area contributed by atoms with Crippen LogP contribution in [0.5, 0.6) is 0 Å². The summed E-state index contributed by atoms with van der Waals surface area (Å²) in [6, 6.07) is 0. The van der Waals surface area contributed by atoms with Crippen LogP contribution in [0, 0.1) is 6.92 Å². The Balaban J connectivity index is 3.05. The standard InChI is InChI=1S/C7H9ClN2/c1-3-7(8)10-5-4-9-6(10)2/h3-5H,1-2H3. The van der Waals surface area contributed by atoms with Crippen LogP contribution in [-0.2, 0) is 0 Å². The molecular formula is C7H9ClN2. The fourth-order valence-electron chi connectivity index (χ4n) is 0.743. The highest BCUT2D eigenvalue weighted by Gasteiger charge is 1.96. The third-order valence-electron chi connectivity index (χ3n) is 1.29. The first kappa shape index (κ1) is 7.35. The summed E-state index contributed by atoms with van der Waals surface area (Å²) in [6.07, 6.45) is 5.38. The largest absolute Gasteiger partial charge is 0.294 e. The van der Waals surface area contributed by atoms with Gasteiger partial charge in [-0.2, -0.15) is 0 Å². The van der Waals surface area contributed by atoms with Crippen LogP contribution >= 0.6 is 11.6 Å². The van der Waals surface area contributed by atoms with E-state index in [9.17, 15) is 0 Å². The van der Waals surface area contributed by atoms with E-state index in [1.807, 2.05) is 30.7 Å². The smallest absolute Gasteiger partial charge is 0.110 e. The Morgan fingerprint density at radius 2 is 2.50 bits per heavy atom. The van der Waals surface area contributed by atoms with Crippen molar-refractivity contribution in [3.05, 3.63) is 24.3 Å². The average Bonchev–Trinajstić information content (AvgIpc) is 2.34. The van der Waals surface area contributed by atoms with Gasteiger partial charge < -0.3 is 0 Å². The molecule has 0 N–H and O–H groups in total. The summed E-state index contributed by atoms with van der Waals surface area (Å²) < 4.78 is 1.82. The number of allylic oxidation sites excluding steroid dienone is 1. The highest BCUT2D eigenvalue weighted by molar-refractivity contribution is 6.45. The molecule has 1 aromatic heterocycles. The minimum atomic E-state index is 0.690. The van der Waals surface area contributed by atoms with Crippen LogP contribution in [-0.4, -0.2) is 9.55 Å². The molecule has 1 aromatic rings. The van der Waals surface area contributed by atoms with Crippen LogP contribution in [0.4, 0.5) is 0 Å². The molecule has 0 radical (unpaired) electrons. The van der Waals surface area contributed by atoms with Crippen molar-refractivity contribution in [3.8, 4) is 0 Å². The van der Waals surface area contributed by atoms with Crippen LogP contribution in [0.2, 0.25) is 0 Å². The van der Waals surface area contributed by atoms with E-state index in [1.54, 1.807) is 6.20 Å². The van der Waals surface area contributed by atoms with E-state index in [0.717, 1.165) is 5.82 Å². The third kappa shape index (κ3) is 1.21. The molecule has 0 spiro atoms. The molecule has 0 amide bonds. The van der Waals surface area contributed by atoms with Gasteiger partial charge in [0.1, 0.15) is 11.0 Å². The fraction of sp³-hybridized carbons (Fsp3) is 0.286. The molecule has 1 heterocycles. The molecule has 0 bridgehead atoms. The summed E-state index contributed by atoms with van der Waals surface area (Å²) in [5, 5.41) is 0.690. The number of halogens is 1. The monoisotopic (exact) mass is 156 g/mol. The van der Waals surface area contributed by atoms with Gasteiger partial charge in [0.25, 0.3) is 0 Å². The zero-order valence-corrected chi connectivity index (χ0v) is 6.76. The van der Waals surface area contributed by atoms with Crippen molar-refractivity contribution in [2.45, 2.75) is 13.8 Å². The predicted molar refractivity (Wildman–Crippen MR) is 42.8 cm³/mol. The maximum atomic E-state index is 5.82. The van der Waals surface area contributed by atoms with E-state index in [2.05, 4.69) is 4.98 Å². The minimum absolute atomic E-state index is 0.690. The number of rotatable bonds is 1. The summed E-state index contributed by atoms with van der Waals surface area (Å²) in [6.45, 7) is 3.80. The van der Waals surface area contributed by atoms with Crippen molar-refractivity contribution in [1.29, 1.82) is 0 Å². The van der Waals surface area contributed by atoms with E-state index in [-0.39, 0.29) is 0 Å². The molecular weight excluding hydrogens is 148 g/mol. The van der Waals surface area contributed by atoms with Gasteiger partial charge in [0, 0.05) is 12.4 Å². The summed E-state index contributed by atoms with van der Waals surface area (Å²) >= 11 is 5.82. The summed E-state index contributed by atoms with van der Waals surface area (Å²) in [4.78, 5) is 4.02. The first-order chi connectivity index (χ1) is 4.75. The summed E-state index contributed by atoms with van der Waals surface area (Å²) in [5.41, 5.74) is 0. The minimum Gasteiger partial charge on any atom is -0.294 e. The number of hydrogen-bond donors (Lipinski definition) is 0. The van der Waals surface area contributed by atoms with Crippen LogP contribution in [0.15, 0.2) is 18.5 Å². The molecule has 0 unspecified atom stereocenters. The lowest BCUT2D eigenvalue weighted by Crippen LogP contribution is -1.91. The zero-order valence-electron chi connectivity index (χ0n) is 6.00. The van der Waals surface area contributed by atoms with Crippen molar-refractivity contribution in [2.24, 2.45) is 0 Å². The van der Waals surface area contributed by atoms with Gasteiger partial charge in [-0.25, -0.2) is 4.98 Å². The molecule has 54 valence electrons. The molecule has 0 aliphatic rings. The van der Waals surface area contributed by atoms with Crippen LogP contribution in [0.25, 0.3) is 5.16 Å². The molecule has 2 nitrogen and oxygen atoms in total. The van der Waals surface area contributed by atoms with E-state index in [4.69, 9.17) is 11.6 Å². The van der Waals surface area contributed by atoms with Crippen molar-refractivity contribution >= 4 is 16.8 Å². The maximum absolute atomic E-state index is 5.82. The lowest BCUT2D eigenvalue weighted by atomic mass is 10.6. The quantitative estimate of drug-likeness (QED) is 0.610. The van der Waals surface area contributed by atoms with Crippen molar-refractivity contribution in [2.75, 3.05) is 0 Å². The normalized spacial score (nSPS) is 12.1. The van der Waals surface area contributed by atoms with Gasteiger partial charge in [-0.15, -0.1) is 0 Å². The Hall–Kier alpha value is -0.760. The Morgan fingerprint density at radius 3 is 2.90 bits per heavy atom. The highest BCUT2D eigenvalue weighted by atomic mass is 35.5. The lowest BCUT2D eigenvalue weighted by molar-refractivity contribution is 1.02. The zero-order chi connectivity index (χ0) is 7.56. The molecule has 0 fully saturated rings. The highest BCUT2D eigenvalue weighted by Crippen LogP contribution is 2.10. The molecule has 0 atom stereocenters. The van der Waals surface area contributed by atoms with E-state index in [0.29, 0.717) is 5.16 Å². The van der Waals surface area contributed by atoms with Gasteiger partial charge in [0.2, 0.25) is 0 Å². The van der Waals surface area contributed by atoms with E-state index in [1.165, 1.54) is 0 Å². The Bertz CT molecular complexity index is 250. The second kappa shape index (κ2) is 2.88. The number of imidazole rings is 1. The van der Waals surface area contributed by atoms with E-state index < -0.39 is 0 Å². The summed E-state index contributed by atoms with van der Waals surface area (Å²) in [5.74, 6) is 0.906. The molecule has 0 aliphatic heterocycles. The Morgan fingerprint density at radius 1 is 1.80 bits per heavy atom. The molecule has 0 saturated heterocycles. The second-order valence-electron chi connectivity index (χ2n) is 1.96. The predicted octanol–water partition coefficient (Wildman–Crippen LogP) is 2.25. The number of hydrogen-bond acceptors (Lipinski definition) is 1. The molecule has 0 aromatic carbocycles. The molecule has 10 heavy (non-hydrogen) atoms. The maximum Gasteiger partial charge on any atom is 0.110 e. The van der Waals surface area contributed by atoms with Crippen molar-refractivity contribution in [1.82, 2.24) is 9.55 Å². The number of nitrogens with zero attached hydrogens (tertiary/aromatic N) is 2. The van der Waals surface area contributed by atoms with Gasteiger partial charge in [0.05, 0.1) is 0 Å². The Labute approximate surface area is 65.1 Å². The molecule has 0 saturated carbocycles. The van der Waals surface area contributed by atoms with E-state index >= 15 is 0 Å². The number of aromatic nitrogens is 2. The first-order valence-electron chi connectivity index (χ1n) is 3.08. The second-order valence-corrected chi connectivity index (χ2v) is 2.34. The van der Waals surface area contributed by atoms with Crippen molar-refractivity contribution < 1.29 is 0 Å². The molecule has 1 rings (SSSR count). The first-order valence-corrected chi connectivity index (χ1v) is 3.45. The third-order valence-corrected chi connectivity index (χ3v) is 1.69. The molecule has 3 heteroatoms. The van der Waals surface area contributed by atoms with Crippen LogP contribution < -0.4 is 0 Å². The molecule has 0 aliphatic carbocycles. The van der Waals surface area contributed by atoms with Gasteiger partial charge in [-0.05, 0) is 13.8 Å². The fourth-order valence-corrected chi connectivity index (χ4v) is 0.921.